The van der Waals surface area contributed by atoms with E-state index in [2.05, 4.69) is 5.10 Å². The summed E-state index contributed by atoms with van der Waals surface area (Å²) in [7, 11) is 1.54. The third-order valence-electron chi connectivity index (χ3n) is 5.07. The molecule has 0 spiro atoms. The van der Waals surface area contributed by atoms with E-state index in [0.29, 0.717) is 23.5 Å². The zero-order chi connectivity index (χ0) is 21.8. The molecule has 1 atom stereocenters. The molecule has 7 heteroatoms. The van der Waals surface area contributed by atoms with E-state index in [1.807, 2.05) is 37.3 Å². The van der Waals surface area contributed by atoms with Crippen LogP contribution in [-0.2, 0) is 9.53 Å². The average molecular weight is 418 g/mol. The summed E-state index contributed by atoms with van der Waals surface area (Å²) in [5, 5.41) is 5.87. The molecular formula is C24H22N2O5. The Hall–Kier alpha value is -3.87. The number of hydrazone groups is 1. The molecule has 0 aliphatic carbocycles. The zero-order valence-electron chi connectivity index (χ0n) is 17.3. The number of benzene rings is 2. The number of ether oxygens (including phenoxy) is 2. The van der Waals surface area contributed by atoms with Gasteiger partial charge in [-0.15, -0.1) is 0 Å². The van der Waals surface area contributed by atoms with Gasteiger partial charge in [0.15, 0.2) is 6.61 Å². The number of amides is 1. The summed E-state index contributed by atoms with van der Waals surface area (Å²) in [4.78, 5) is 25.2. The lowest BCUT2D eigenvalue weighted by atomic mass is 10.0. The van der Waals surface area contributed by atoms with E-state index in [1.165, 1.54) is 5.01 Å². The Morgan fingerprint density at radius 3 is 2.48 bits per heavy atom. The number of carbonyl (C=O) groups is 2. The van der Waals surface area contributed by atoms with Gasteiger partial charge in [0.1, 0.15) is 17.6 Å². The molecule has 2 aromatic carbocycles. The van der Waals surface area contributed by atoms with Crippen molar-refractivity contribution in [3.63, 3.8) is 0 Å². The van der Waals surface area contributed by atoms with Gasteiger partial charge < -0.3 is 13.9 Å². The van der Waals surface area contributed by atoms with E-state index in [9.17, 15) is 9.59 Å². The molecule has 0 saturated carbocycles. The minimum atomic E-state index is -0.590. The van der Waals surface area contributed by atoms with Gasteiger partial charge in [-0.1, -0.05) is 29.8 Å². The van der Waals surface area contributed by atoms with Crippen molar-refractivity contribution in [1.82, 2.24) is 5.01 Å². The third kappa shape index (κ3) is 4.50. The Balaban J connectivity index is 1.49. The fraction of sp³-hybridized carbons (Fsp3) is 0.208. The number of furan rings is 1. The van der Waals surface area contributed by atoms with Gasteiger partial charge in [0.05, 0.1) is 24.6 Å². The monoisotopic (exact) mass is 418 g/mol. The number of rotatable bonds is 6. The molecule has 7 nitrogen and oxygen atoms in total. The first-order chi connectivity index (χ1) is 15.0. The lowest BCUT2D eigenvalue weighted by Gasteiger charge is -2.19. The normalized spacial score (nSPS) is 15.5. The summed E-state index contributed by atoms with van der Waals surface area (Å²) in [5.74, 6) is 0.238. The number of aryl methyl sites for hydroxylation is 1. The highest BCUT2D eigenvalue weighted by molar-refractivity contribution is 6.03. The van der Waals surface area contributed by atoms with Crippen molar-refractivity contribution in [2.45, 2.75) is 19.4 Å². The maximum absolute atomic E-state index is 12.9. The van der Waals surface area contributed by atoms with Gasteiger partial charge in [-0.3, -0.25) is 4.79 Å². The topological polar surface area (TPSA) is 81.3 Å². The molecule has 0 bridgehead atoms. The molecule has 0 fully saturated rings. The van der Waals surface area contributed by atoms with Crippen LogP contribution in [0.15, 0.2) is 76.4 Å². The lowest BCUT2D eigenvalue weighted by Crippen LogP contribution is -2.31. The second kappa shape index (κ2) is 8.87. The van der Waals surface area contributed by atoms with Crippen LogP contribution in [0.3, 0.4) is 0 Å². The van der Waals surface area contributed by atoms with Crippen LogP contribution in [-0.4, -0.2) is 36.3 Å². The van der Waals surface area contributed by atoms with Crippen LogP contribution in [0.4, 0.5) is 0 Å². The first-order valence-electron chi connectivity index (χ1n) is 9.86. The van der Waals surface area contributed by atoms with Gasteiger partial charge >= 0.3 is 5.97 Å². The summed E-state index contributed by atoms with van der Waals surface area (Å²) in [6.07, 6.45) is 2.07. The number of esters is 1. The molecule has 1 aliphatic rings. The zero-order valence-corrected chi connectivity index (χ0v) is 17.3. The van der Waals surface area contributed by atoms with Crippen molar-refractivity contribution in [2.24, 2.45) is 5.10 Å². The first-order valence-corrected chi connectivity index (χ1v) is 9.86. The quantitative estimate of drug-likeness (QED) is 0.562. The molecule has 1 unspecified atom stereocenters. The SMILES string of the molecule is COc1ccc(C(=O)OCC(=O)N2N=C(c3ccc(C)cc3)CC2c2ccco2)cc1. The lowest BCUT2D eigenvalue weighted by molar-refractivity contribution is -0.136. The summed E-state index contributed by atoms with van der Waals surface area (Å²) in [5.41, 5.74) is 3.19. The van der Waals surface area contributed by atoms with E-state index >= 15 is 0 Å². The number of nitrogens with zero attached hydrogens (tertiary/aromatic N) is 2. The Morgan fingerprint density at radius 2 is 1.84 bits per heavy atom. The van der Waals surface area contributed by atoms with Crippen molar-refractivity contribution in [2.75, 3.05) is 13.7 Å². The molecule has 0 radical (unpaired) electrons. The van der Waals surface area contributed by atoms with Crippen LogP contribution in [0.2, 0.25) is 0 Å². The van der Waals surface area contributed by atoms with Crippen LogP contribution in [0.5, 0.6) is 5.75 Å². The van der Waals surface area contributed by atoms with E-state index in [1.54, 1.807) is 43.7 Å². The maximum atomic E-state index is 12.9. The second-order valence-corrected chi connectivity index (χ2v) is 7.19. The van der Waals surface area contributed by atoms with Crippen LogP contribution in [0.25, 0.3) is 0 Å². The predicted octanol–water partition coefficient (Wildman–Crippen LogP) is 4.13. The molecular weight excluding hydrogens is 396 g/mol. The second-order valence-electron chi connectivity index (χ2n) is 7.19. The van der Waals surface area contributed by atoms with Crippen LogP contribution >= 0.6 is 0 Å². The Kier molecular flexibility index (Phi) is 5.84. The summed E-state index contributed by atoms with van der Waals surface area (Å²) in [6.45, 7) is 1.59. The fourth-order valence-electron chi connectivity index (χ4n) is 3.37. The largest absolute Gasteiger partial charge is 0.497 e. The van der Waals surface area contributed by atoms with Gasteiger partial charge in [0.2, 0.25) is 0 Å². The maximum Gasteiger partial charge on any atom is 0.338 e. The van der Waals surface area contributed by atoms with Gasteiger partial charge in [-0.25, -0.2) is 9.80 Å². The number of hydrogen-bond donors (Lipinski definition) is 0. The number of methoxy groups -OCH3 is 1. The average Bonchev–Trinajstić information content (AvgIpc) is 3.48. The molecule has 4 rings (SSSR count). The number of hydrogen-bond acceptors (Lipinski definition) is 6. The molecule has 31 heavy (non-hydrogen) atoms. The highest BCUT2D eigenvalue weighted by Crippen LogP contribution is 2.33. The third-order valence-corrected chi connectivity index (χ3v) is 5.07. The van der Waals surface area contributed by atoms with E-state index in [4.69, 9.17) is 13.9 Å². The number of carbonyl (C=O) groups excluding carboxylic acids is 2. The molecule has 2 heterocycles. The van der Waals surface area contributed by atoms with Crippen LogP contribution < -0.4 is 4.74 Å². The van der Waals surface area contributed by atoms with E-state index in [0.717, 1.165) is 16.8 Å². The smallest absolute Gasteiger partial charge is 0.338 e. The molecule has 1 aromatic heterocycles. The molecule has 1 aliphatic heterocycles. The van der Waals surface area contributed by atoms with Crippen molar-refractivity contribution >= 4 is 17.6 Å². The predicted molar refractivity (Wildman–Crippen MR) is 114 cm³/mol. The van der Waals surface area contributed by atoms with Crippen LogP contribution in [0, 0.1) is 6.92 Å². The highest BCUT2D eigenvalue weighted by atomic mass is 16.5. The van der Waals surface area contributed by atoms with Crippen LogP contribution in [0.1, 0.15) is 39.7 Å². The van der Waals surface area contributed by atoms with Gasteiger partial charge in [-0.2, -0.15) is 5.10 Å². The van der Waals surface area contributed by atoms with Crippen molar-refractivity contribution in [1.29, 1.82) is 0 Å². The van der Waals surface area contributed by atoms with Gasteiger partial charge in [0.25, 0.3) is 5.91 Å². The summed E-state index contributed by atoms with van der Waals surface area (Å²) < 4.78 is 15.8. The minimum absolute atomic E-state index is 0.335. The van der Waals surface area contributed by atoms with Gasteiger partial charge in [0, 0.05) is 6.42 Å². The standard InChI is InChI=1S/C24H22N2O5/c1-16-5-7-17(8-6-16)20-14-21(22-4-3-13-30-22)26(25-20)23(27)15-31-24(28)18-9-11-19(29-2)12-10-18/h3-13,21H,14-15H2,1-2H3. The van der Waals surface area contributed by atoms with Crippen molar-refractivity contribution in [3.05, 3.63) is 89.4 Å². The summed E-state index contributed by atoms with van der Waals surface area (Å²) in [6, 6.07) is 17.6. The first kappa shape index (κ1) is 20.4. The highest BCUT2D eigenvalue weighted by Gasteiger charge is 2.35. The Bertz CT molecular complexity index is 1090. The van der Waals surface area contributed by atoms with Crippen molar-refractivity contribution < 1.29 is 23.5 Å². The molecule has 1 amide bonds. The Labute approximate surface area is 179 Å². The van der Waals surface area contributed by atoms with E-state index < -0.39 is 24.5 Å². The molecule has 0 N–H and O–H groups in total. The van der Waals surface area contributed by atoms with Gasteiger partial charge in [-0.05, 0) is 48.9 Å². The van der Waals surface area contributed by atoms with Crippen molar-refractivity contribution in [3.8, 4) is 5.75 Å². The molecule has 0 saturated heterocycles. The fourth-order valence-corrected chi connectivity index (χ4v) is 3.37. The Morgan fingerprint density at radius 1 is 1.10 bits per heavy atom. The summed E-state index contributed by atoms with van der Waals surface area (Å²) >= 11 is 0. The minimum Gasteiger partial charge on any atom is -0.497 e. The molecule has 3 aromatic rings. The van der Waals surface area contributed by atoms with E-state index in [-0.39, 0.29) is 0 Å². The molecule has 158 valence electrons.